The molecule has 2 rings (SSSR count). The standard InChI is InChI=1S/C14H20BrNO2/c1-16(13-6-8-18-9-7-13)10-14(17)11-2-4-12(15)5-3-11/h2-5,13-14,17H,6-10H2,1H3. The summed E-state index contributed by atoms with van der Waals surface area (Å²) in [5.74, 6) is 0. The highest BCUT2D eigenvalue weighted by atomic mass is 79.9. The van der Waals surface area contributed by atoms with Crippen molar-refractivity contribution in [3.63, 3.8) is 0 Å². The highest BCUT2D eigenvalue weighted by Gasteiger charge is 2.20. The van der Waals surface area contributed by atoms with Gasteiger partial charge in [0, 0.05) is 30.3 Å². The Morgan fingerprint density at radius 1 is 1.33 bits per heavy atom. The Morgan fingerprint density at radius 2 is 1.94 bits per heavy atom. The summed E-state index contributed by atoms with van der Waals surface area (Å²) in [7, 11) is 2.08. The third-order valence-electron chi connectivity index (χ3n) is 3.53. The molecule has 3 nitrogen and oxygen atoms in total. The Labute approximate surface area is 117 Å². The van der Waals surface area contributed by atoms with Gasteiger partial charge in [-0.15, -0.1) is 0 Å². The summed E-state index contributed by atoms with van der Waals surface area (Å²) in [6.07, 6.45) is 1.69. The van der Waals surface area contributed by atoms with Crippen molar-refractivity contribution in [1.29, 1.82) is 0 Å². The molecule has 1 aromatic carbocycles. The maximum Gasteiger partial charge on any atom is 0.0916 e. The second-order valence-corrected chi connectivity index (χ2v) is 5.77. The van der Waals surface area contributed by atoms with Crippen molar-refractivity contribution >= 4 is 15.9 Å². The van der Waals surface area contributed by atoms with E-state index in [1.165, 1.54) is 0 Å². The van der Waals surface area contributed by atoms with E-state index in [-0.39, 0.29) is 0 Å². The summed E-state index contributed by atoms with van der Waals surface area (Å²) in [5.41, 5.74) is 0.970. The molecule has 1 atom stereocenters. The average molecular weight is 314 g/mol. The van der Waals surface area contributed by atoms with Gasteiger partial charge in [-0.1, -0.05) is 28.1 Å². The number of rotatable bonds is 4. The van der Waals surface area contributed by atoms with Gasteiger partial charge in [0.05, 0.1) is 6.10 Å². The molecule has 1 aliphatic heterocycles. The smallest absolute Gasteiger partial charge is 0.0916 e. The van der Waals surface area contributed by atoms with Gasteiger partial charge in [0.2, 0.25) is 0 Å². The first kappa shape index (κ1) is 14.0. The molecule has 1 aliphatic rings. The van der Waals surface area contributed by atoms with Gasteiger partial charge in [0.25, 0.3) is 0 Å². The van der Waals surface area contributed by atoms with Crippen LogP contribution < -0.4 is 0 Å². The maximum absolute atomic E-state index is 10.2. The molecule has 0 spiro atoms. The van der Waals surface area contributed by atoms with Crippen LogP contribution in [0.2, 0.25) is 0 Å². The van der Waals surface area contributed by atoms with Gasteiger partial charge in [-0.25, -0.2) is 0 Å². The molecule has 0 radical (unpaired) electrons. The summed E-state index contributed by atoms with van der Waals surface area (Å²) in [4.78, 5) is 2.25. The zero-order chi connectivity index (χ0) is 13.0. The van der Waals surface area contributed by atoms with Crippen molar-refractivity contribution in [3.8, 4) is 0 Å². The topological polar surface area (TPSA) is 32.7 Å². The summed E-state index contributed by atoms with van der Waals surface area (Å²) in [6, 6.07) is 8.39. The molecular weight excluding hydrogens is 294 g/mol. The van der Waals surface area contributed by atoms with Crippen molar-refractivity contribution < 1.29 is 9.84 Å². The van der Waals surface area contributed by atoms with E-state index in [2.05, 4.69) is 27.9 Å². The molecule has 18 heavy (non-hydrogen) atoms. The molecule has 0 aliphatic carbocycles. The highest BCUT2D eigenvalue weighted by Crippen LogP contribution is 2.20. The van der Waals surface area contributed by atoms with Gasteiger partial charge < -0.3 is 14.7 Å². The number of nitrogens with zero attached hydrogens (tertiary/aromatic N) is 1. The van der Waals surface area contributed by atoms with Crippen molar-refractivity contribution in [2.75, 3.05) is 26.8 Å². The van der Waals surface area contributed by atoms with Crippen molar-refractivity contribution in [2.45, 2.75) is 25.0 Å². The van der Waals surface area contributed by atoms with Crippen LogP contribution in [0.3, 0.4) is 0 Å². The minimum Gasteiger partial charge on any atom is -0.387 e. The Hall–Kier alpha value is -0.420. The molecule has 1 aromatic rings. The lowest BCUT2D eigenvalue weighted by molar-refractivity contribution is 0.0253. The van der Waals surface area contributed by atoms with E-state index in [4.69, 9.17) is 4.74 Å². The summed E-state index contributed by atoms with van der Waals surface area (Å²) >= 11 is 3.40. The molecule has 1 unspecified atom stereocenters. The number of ether oxygens (including phenoxy) is 1. The third kappa shape index (κ3) is 3.79. The molecule has 1 heterocycles. The van der Waals surface area contributed by atoms with Crippen LogP contribution in [0.1, 0.15) is 24.5 Å². The van der Waals surface area contributed by atoms with Gasteiger partial charge >= 0.3 is 0 Å². The van der Waals surface area contributed by atoms with Crippen LogP contribution in [0.5, 0.6) is 0 Å². The maximum atomic E-state index is 10.2. The lowest BCUT2D eigenvalue weighted by Gasteiger charge is -2.32. The Bertz CT molecular complexity index is 363. The van der Waals surface area contributed by atoms with Gasteiger partial charge in [0.15, 0.2) is 0 Å². The van der Waals surface area contributed by atoms with Crippen LogP contribution >= 0.6 is 15.9 Å². The van der Waals surface area contributed by atoms with Crippen LogP contribution in [0.15, 0.2) is 28.7 Å². The van der Waals surface area contributed by atoms with Gasteiger partial charge in [-0.2, -0.15) is 0 Å². The Balaban J connectivity index is 1.89. The molecule has 1 N–H and O–H groups in total. The van der Waals surface area contributed by atoms with E-state index in [9.17, 15) is 5.11 Å². The molecule has 0 saturated carbocycles. The minimum atomic E-state index is -0.425. The van der Waals surface area contributed by atoms with Gasteiger partial charge in [-0.05, 0) is 37.6 Å². The largest absolute Gasteiger partial charge is 0.387 e. The van der Waals surface area contributed by atoms with E-state index >= 15 is 0 Å². The SMILES string of the molecule is CN(CC(O)c1ccc(Br)cc1)C1CCOCC1. The first-order valence-electron chi connectivity index (χ1n) is 6.38. The lowest BCUT2D eigenvalue weighted by atomic mass is 10.1. The highest BCUT2D eigenvalue weighted by molar-refractivity contribution is 9.10. The fourth-order valence-corrected chi connectivity index (χ4v) is 2.60. The van der Waals surface area contributed by atoms with E-state index in [1.807, 2.05) is 24.3 Å². The quantitative estimate of drug-likeness (QED) is 0.927. The van der Waals surface area contributed by atoms with E-state index in [1.54, 1.807) is 0 Å². The summed E-state index contributed by atoms with van der Waals surface area (Å²) < 4.78 is 6.40. The van der Waals surface area contributed by atoms with Crippen LogP contribution in [0, 0.1) is 0 Å². The van der Waals surface area contributed by atoms with Crippen LogP contribution in [-0.4, -0.2) is 42.9 Å². The molecule has 0 aromatic heterocycles. The van der Waals surface area contributed by atoms with Crippen LogP contribution in [0.4, 0.5) is 0 Å². The molecule has 100 valence electrons. The second-order valence-electron chi connectivity index (χ2n) is 4.85. The lowest BCUT2D eigenvalue weighted by Crippen LogP contribution is -2.38. The average Bonchev–Trinajstić information content (AvgIpc) is 2.40. The first-order valence-corrected chi connectivity index (χ1v) is 7.17. The Kier molecular flexibility index (Phi) is 5.18. The number of halogens is 1. The number of benzene rings is 1. The molecule has 0 bridgehead atoms. The van der Waals surface area contributed by atoms with E-state index < -0.39 is 6.10 Å². The molecule has 4 heteroatoms. The zero-order valence-electron chi connectivity index (χ0n) is 10.7. The van der Waals surface area contributed by atoms with Crippen LogP contribution in [0.25, 0.3) is 0 Å². The minimum absolute atomic E-state index is 0.425. The van der Waals surface area contributed by atoms with E-state index in [0.29, 0.717) is 12.6 Å². The summed E-state index contributed by atoms with van der Waals surface area (Å²) in [6.45, 7) is 2.35. The van der Waals surface area contributed by atoms with E-state index in [0.717, 1.165) is 36.1 Å². The monoisotopic (exact) mass is 313 g/mol. The predicted octanol–water partition coefficient (Wildman–Crippen LogP) is 2.59. The second kappa shape index (κ2) is 6.66. The fourth-order valence-electron chi connectivity index (χ4n) is 2.34. The van der Waals surface area contributed by atoms with Crippen LogP contribution in [-0.2, 0) is 4.74 Å². The number of likely N-dealkylation sites (N-methyl/N-ethyl adjacent to an activating group) is 1. The van der Waals surface area contributed by atoms with Gasteiger partial charge in [0.1, 0.15) is 0 Å². The van der Waals surface area contributed by atoms with Crippen molar-refractivity contribution in [3.05, 3.63) is 34.3 Å². The third-order valence-corrected chi connectivity index (χ3v) is 4.06. The predicted molar refractivity (Wildman–Crippen MR) is 75.6 cm³/mol. The fraction of sp³-hybridized carbons (Fsp3) is 0.571. The molecule has 1 fully saturated rings. The molecular formula is C14H20BrNO2. The zero-order valence-corrected chi connectivity index (χ0v) is 12.3. The van der Waals surface area contributed by atoms with Gasteiger partial charge in [-0.3, -0.25) is 0 Å². The molecule has 1 saturated heterocycles. The number of hydrogen-bond acceptors (Lipinski definition) is 3. The molecule has 0 amide bonds. The first-order chi connectivity index (χ1) is 8.66. The number of hydrogen-bond donors (Lipinski definition) is 1. The van der Waals surface area contributed by atoms with Crippen molar-refractivity contribution in [2.24, 2.45) is 0 Å². The number of aliphatic hydroxyl groups is 1. The number of aliphatic hydroxyl groups excluding tert-OH is 1. The normalized spacial score (nSPS) is 19.1. The summed E-state index contributed by atoms with van der Waals surface area (Å²) in [5, 5.41) is 10.2. The van der Waals surface area contributed by atoms with Crippen molar-refractivity contribution in [1.82, 2.24) is 4.90 Å². The Morgan fingerprint density at radius 3 is 2.56 bits per heavy atom.